The first-order chi connectivity index (χ1) is 27.0. The summed E-state index contributed by atoms with van der Waals surface area (Å²) in [5, 5.41) is 3.51. The van der Waals surface area contributed by atoms with E-state index in [-0.39, 0.29) is 21.7 Å². The topological polar surface area (TPSA) is 44.8 Å². The van der Waals surface area contributed by atoms with Crippen molar-refractivity contribution in [1.82, 2.24) is 0 Å². The Bertz CT molecular complexity index is 2050. The number of rotatable bonds is 10. The SMILES string of the molecule is CC(C)(C)c1ccc(P(OP(=O)(Oc2ccccc2)Oc2ccccc2)(c2ccc(C(C)(C)C)cc2)(c2ccc(C(C)(C)C)cc2)c2ccc(C(C)(C)C)cc2)cc1. The molecule has 6 rings (SSSR count). The molecule has 0 amide bonds. The second kappa shape index (κ2) is 15.6. The summed E-state index contributed by atoms with van der Waals surface area (Å²) < 4.78 is 37.5. The van der Waals surface area contributed by atoms with E-state index in [4.69, 9.17) is 13.4 Å². The van der Waals surface area contributed by atoms with Crippen LogP contribution >= 0.6 is 14.7 Å². The molecule has 0 radical (unpaired) electrons. The van der Waals surface area contributed by atoms with Crippen LogP contribution < -0.4 is 30.3 Å². The van der Waals surface area contributed by atoms with Gasteiger partial charge in [-0.1, -0.05) is 0 Å². The van der Waals surface area contributed by atoms with Crippen molar-refractivity contribution >= 4 is 35.9 Å². The minimum atomic E-state index is -4.69. The molecule has 0 heterocycles. The molecule has 304 valence electrons. The van der Waals surface area contributed by atoms with Crippen molar-refractivity contribution in [3.8, 4) is 11.5 Å². The molecular formula is C52H62O4P2. The van der Waals surface area contributed by atoms with Crippen LogP contribution in [-0.4, -0.2) is 0 Å². The predicted octanol–water partition coefficient (Wildman–Crippen LogP) is 13.2. The van der Waals surface area contributed by atoms with Gasteiger partial charge in [0.15, 0.2) is 0 Å². The predicted molar refractivity (Wildman–Crippen MR) is 249 cm³/mol. The summed E-state index contributed by atoms with van der Waals surface area (Å²) in [6.45, 7) is 21.9. The van der Waals surface area contributed by atoms with Crippen LogP contribution in [0.3, 0.4) is 0 Å². The van der Waals surface area contributed by atoms with Crippen molar-refractivity contribution in [3.63, 3.8) is 0 Å². The van der Waals surface area contributed by atoms with E-state index in [2.05, 4.69) is 180 Å². The fraction of sp³-hybridized carbons (Fsp3) is 0.308. The van der Waals surface area contributed by atoms with Gasteiger partial charge in [0.25, 0.3) is 0 Å². The van der Waals surface area contributed by atoms with Crippen LogP contribution in [0.4, 0.5) is 0 Å². The molecule has 0 N–H and O–H groups in total. The second-order valence-electron chi connectivity index (χ2n) is 19.6. The molecule has 6 heteroatoms. The van der Waals surface area contributed by atoms with E-state index in [0.29, 0.717) is 11.5 Å². The molecule has 0 aromatic heterocycles. The van der Waals surface area contributed by atoms with Gasteiger partial charge in [-0.05, 0) is 0 Å². The normalized spacial score (nSPS) is 13.7. The minimum absolute atomic E-state index is 0.116. The van der Waals surface area contributed by atoms with E-state index < -0.39 is 14.7 Å². The molecule has 6 aromatic carbocycles. The van der Waals surface area contributed by atoms with Crippen LogP contribution in [0, 0.1) is 0 Å². The average Bonchev–Trinajstić information content (AvgIpc) is 3.17. The van der Waals surface area contributed by atoms with Gasteiger partial charge in [-0.15, -0.1) is 0 Å². The molecule has 0 aliphatic rings. The Morgan fingerprint density at radius 1 is 0.345 bits per heavy atom. The molecule has 0 spiro atoms. The molecule has 0 bridgehead atoms. The van der Waals surface area contributed by atoms with Crippen LogP contribution in [0.2, 0.25) is 0 Å². The third-order valence-corrected chi connectivity index (χ3v) is 19.2. The zero-order chi connectivity index (χ0) is 42.2. The number of phosphoric ester groups is 1. The van der Waals surface area contributed by atoms with Crippen LogP contribution in [0.1, 0.15) is 105 Å². The number of phosphoric acid groups is 1. The molecule has 0 aliphatic carbocycles. The van der Waals surface area contributed by atoms with E-state index in [1.54, 1.807) is 24.3 Å². The van der Waals surface area contributed by atoms with E-state index >= 15 is 4.57 Å². The van der Waals surface area contributed by atoms with Gasteiger partial charge >= 0.3 is 350 Å². The molecule has 6 aromatic rings. The summed E-state index contributed by atoms with van der Waals surface area (Å²) in [4.78, 5) is 0. The maximum atomic E-state index is 16.3. The monoisotopic (exact) mass is 812 g/mol. The molecule has 0 fully saturated rings. The summed E-state index contributed by atoms with van der Waals surface area (Å²) in [6.07, 6.45) is 0. The molecule has 0 atom stereocenters. The Hall–Kier alpha value is -4.46. The second-order valence-corrected chi connectivity index (χ2v) is 25.6. The van der Waals surface area contributed by atoms with Gasteiger partial charge in [0, 0.05) is 0 Å². The van der Waals surface area contributed by atoms with Gasteiger partial charge in [0.1, 0.15) is 0 Å². The quantitative estimate of drug-likeness (QED) is 0.129. The van der Waals surface area contributed by atoms with Gasteiger partial charge in [-0.3, -0.25) is 0 Å². The fourth-order valence-electron chi connectivity index (χ4n) is 7.54. The first kappa shape index (κ1) is 43.1. The number of hydrogen-bond donors (Lipinski definition) is 0. The number of benzene rings is 6. The third kappa shape index (κ3) is 8.49. The maximum absolute atomic E-state index is 16.3. The van der Waals surface area contributed by atoms with Gasteiger partial charge in [0.2, 0.25) is 0 Å². The summed E-state index contributed by atoms with van der Waals surface area (Å²) in [7, 11) is -4.63. The zero-order valence-corrected chi connectivity index (χ0v) is 38.3. The molecular weight excluding hydrogens is 751 g/mol. The Balaban J connectivity index is 1.85. The van der Waals surface area contributed by atoms with E-state index in [0.717, 1.165) is 21.2 Å². The summed E-state index contributed by atoms with van der Waals surface area (Å²) in [6, 6.07) is 53.3. The average molecular weight is 813 g/mol. The van der Waals surface area contributed by atoms with E-state index in [9.17, 15) is 0 Å². The molecule has 0 unspecified atom stereocenters. The summed E-state index contributed by atoms with van der Waals surface area (Å²) >= 11 is 0. The van der Waals surface area contributed by atoms with E-state index in [1.807, 2.05) is 36.4 Å². The van der Waals surface area contributed by atoms with Crippen LogP contribution in [-0.2, 0) is 30.5 Å². The Morgan fingerprint density at radius 2 is 0.569 bits per heavy atom. The van der Waals surface area contributed by atoms with Crippen molar-refractivity contribution < 1.29 is 17.9 Å². The number of hydrogen-bond acceptors (Lipinski definition) is 4. The third-order valence-electron chi connectivity index (χ3n) is 11.1. The van der Waals surface area contributed by atoms with Crippen molar-refractivity contribution in [1.29, 1.82) is 0 Å². The Morgan fingerprint density at radius 3 is 0.776 bits per heavy atom. The first-order valence-electron chi connectivity index (χ1n) is 20.3. The van der Waals surface area contributed by atoms with Crippen LogP contribution in [0.25, 0.3) is 0 Å². The summed E-state index contributed by atoms with van der Waals surface area (Å²) in [5.41, 5.74) is 4.23. The Kier molecular flexibility index (Phi) is 11.6. The molecule has 0 saturated heterocycles. The van der Waals surface area contributed by atoms with Gasteiger partial charge in [0.05, 0.1) is 0 Å². The standard InChI is InChI=1S/C52H62O4P2/c1-49(2,3)39-23-31-45(32-24-39)58(46-33-25-40(26-34-46)50(4,5)6,47-35-27-41(28-36-47)51(7,8)9,48-37-29-42(30-38-48)52(10,11)12)56-57(53,54-43-19-15-13-16-20-43)55-44-21-17-14-18-22-44/h13-38H,1-12H3. The summed E-state index contributed by atoms with van der Waals surface area (Å²) in [5.74, 6) is 0.742. The van der Waals surface area contributed by atoms with Crippen molar-refractivity contribution in [2.24, 2.45) is 0 Å². The van der Waals surface area contributed by atoms with Gasteiger partial charge < -0.3 is 0 Å². The van der Waals surface area contributed by atoms with Crippen LogP contribution in [0.15, 0.2) is 158 Å². The van der Waals surface area contributed by atoms with E-state index in [1.165, 1.54) is 22.3 Å². The molecule has 0 saturated carbocycles. The Labute approximate surface area is 348 Å². The first-order valence-corrected chi connectivity index (χ1v) is 23.9. The zero-order valence-electron chi connectivity index (χ0n) is 36.5. The molecule has 0 aliphatic heterocycles. The van der Waals surface area contributed by atoms with Gasteiger partial charge in [-0.25, -0.2) is 0 Å². The molecule has 58 heavy (non-hydrogen) atoms. The van der Waals surface area contributed by atoms with Crippen molar-refractivity contribution in [2.45, 2.75) is 105 Å². The van der Waals surface area contributed by atoms with Crippen molar-refractivity contribution in [3.05, 3.63) is 180 Å². The molecule has 4 nitrogen and oxygen atoms in total. The van der Waals surface area contributed by atoms with Gasteiger partial charge in [-0.2, -0.15) is 0 Å². The fourth-order valence-corrected chi connectivity index (χ4v) is 16.4. The number of para-hydroxylation sites is 2. The van der Waals surface area contributed by atoms with Crippen molar-refractivity contribution in [2.75, 3.05) is 0 Å². The van der Waals surface area contributed by atoms with Crippen LogP contribution in [0.5, 0.6) is 11.5 Å².